The molecule has 0 bridgehead atoms. The molecule has 1 aliphatic heterocycles. The van der Waals surface area contributed by atoms with Crippen LogP contribution in [-0.4, -0.2) is 22.5 Å². The van der Waals surface area contributed by atoms with Crippen molar-refractivity contribution in [1.82, 2.24) is 0 Å². The Morgan fingerprint density at radius 1 is 1.31 bits per heavy atom. The van der Waals surface area contributed by atoms with Gasteiger partial charge < -0.3 is 10.6 Å². The lowest BCUT2D eigenvalue weighted by molar-refractivity contribution is -0.384. The zero-order valence-electron chi connectivity index (χ0n) is 13.2. The fourth-order valence-corrected chi connectivity index (χ4v) is 3.27. The third-order valence-electron chi connectivity index (χ3n) is 3.47. The topological polar surface area (TPSA) is 101 Å². The number of carbonyl (C=O) groups is 2. The molecule has 1 aliphatic rings. The Balaban J connectivity index is 1.70. The van der Waals surface area contributed by atoms with Crippen molar-refractivity contribution in [2.24, 2.45) is 0 Å². The summed E-state index contributed by atoms with van der Waals surface area (Å²) in [6, 6.07) is 9.51. The molecule has 132 valence electrons. The van der Waals surface area contributed by atoms with E-state index in [1.54, 1.807) is 18.2 Å². The van der Waals surface area contributed by atoms with Gasteiger partial charge in [-0.15, -0.1) is 11.8 Å². The molecule has 0 saturated carbocycles. The summed E-state index contributed by atoms with van der Waals surface area (Å²) in [5, 5.41) is 16.3. The first kappa shape index (κ1) is 18.0. The molecular weight excluding hydrogens is 378 g/mol. The molecule has 1 heterocycles. The molecule has 26 heavy (non-hydrogen) atoms. The van der Waals surface area contributed by atoms with E-state index in [9.17, 15) is 19.7 Å². The van der Waals surface area contributed by atoms with Crippen molar-refractivity contribution in [2.75, 3.05) is 16.4 Å². The van der Waals surface area contributed by atoms with Gasteiger partial charge in [0.15, 0.2) is 0 Å². The molecule has 0 spiro atoms. The number of halogens is 1. The van der Waals surface area contributed by atoms with Gasteiger partial charge in [-0.3, -0.25) is 19.7 Å². The molecule has 0 saturated heterocycles. The van der Waals surface area contributed by atoms with Gasteiger partial charge in [0, 0.05) is 22.7 Å². The molecule has 2 aromatic carbocycles. The average Bonchev–Trinajstić information content (AvgIpc) is 2.60. The zero-order chi connectivity index (χ0) is 18.7. The van der Waals surface area contributed by atoms with Gasteiger partial charge >= 0.3 is 0 Å². The van der Waals surface area contributed by atoms with E-state index in [1.165, 1.54) is 36.0 Å². The molecule has 0 atom stereocenters. The summed E-state index contributed by atoms with van der Waals surface area (Å²) in [5.41, 5.74) is 1.44. The van der Waals surface area contributed by atoms with Crippen molar-refractivity contribution in [3.05, 3.63) is 63.2 Å². The highest BCUT2D eigenvalue weighted by Gasteiger charge is 2.16. The van der Waals surface area contributed by atoms with Crippen LogP contribution in [0.4, 0.5) is 17.1 Å². The Kier molecular flexibility index (Phi) is 5.24. The van der Waals surface area contributed by atoms with Crippen LogP contribution in [0.1, 0.15) is 5.56 Å². The third kappa shape index (κ3) is 4.22. The Hall–Kier alpha value is -2.84. The summed E-state index contributed by atoms with van der Waals surface area (Å²) < 4.78 is 0. The van der Waals surface area contributed by atoms with E-state index in [4.69, 9.17) is 11.6 Å². The summed E-state index contributed by atoms with van der Waals surface area (Å²) in [6.45, 7) is 0. The fraction of sp³-hybridized carbons (Fsp3) is 0.0588. The first-order chi connectivity index (χ1) is 12.4. The van der Waals surface area contributed by atoms with Crippen molar-refractivity contribution in [2.45, 2.75) is 4.90 Å². The number of hydrogen-bond acceptors (Lipinski definition) is 5. The summed E-state index contributed by atoms with van der Waals surface area (Å²) in [5.74, 6) is -0.123. The van der Waals surface area contributed by atoms with Crippen LogP contribution in [0.5, 0.6) is 0 Å². The number of nitro groups is 1. The maximum atomic E-state index is 12.1. The number of benzene rings is 2. The van der Waals surface area contributed by atoms with E-state index in [-0.39, 0.29) is 16.6 Å². The lowest BCUT2D eigenvalue weighted by Crippen LogP contribution is -2.19. The molecule has 2 amide bonds. The van der Waals surface area contributed by atoms with Gasteiger partial charge in [0.25, 0.3) is 5.69 Å². The normalized spacial score (nSPS) is 13.2. The number of amides is 2. The van der Waals surface area contributed by atoms with Gasteiger partial charge in [-0.1, -0.05) is 17.7 Å². The van der Waals surface area contributed by atoms with Crippen LogP contribution < -0.4 is 10.6 Å². The number of anilines is 2. The monoisotopic (exact) mass is 389 g/mol. The molecule has 2 N–H and O–H groups in total. The van der Waals surface area contributed by atoms with Crippen molar-refractivity contribution in [3.63, 3.8) is 0 Å². The summed E-state index contributed by atoms with van der Waals surface area (Å²) in [6.07, 6.45) is 2.72. The van der Waals surface area contributed by atoms with Crippen molar-refractivity contribution < 1.29 is 14.5 Å². The van der Waals surface area contributed by atoms with E-state index in [1.807, 2.05) is 6.07 Å². The highest BCUT2D eigenvalue weighted by molar-refractivity contribution is 8.00. The van der Waals surface area contributed by atoms with Gasteiger partial charge in [0.05, 0.1) is 16.4 Å². The Bertz CT molecular complexity index is 946. The lowest BCUT2D eigenvalue weighted by Gasteiger charge is -2.17. The highest BCUT2D eigenvalue weighted by Crippen LogP contribution is 2.33. The number of rotatable bonds is 4. The number of nitrogens with one attached hydrogen (secondary N) is 2. The number of thioether (sulfide) groups is 1. The van der Waals surface area contributed by atoms with Gasteiger partial charge in [-0.05, 0) is 35.9 Å². The second-order valence-electron chi connectivity index (χ2n) is 5.34. The number of hydrogen-bond donors (Lipinski definition) is 2. The molecule has 7 nitrogen and oxygen atoms in total. The van der Waals surface area contributed by atoms with E-state index in [0.717, 1.165) is 4.90 Å². The van der Waals surface area contributed by atoms with Crippen molar-refractivity contribution in [3.8, 4) is 0 Å². The second-order valence-corrected chi connectivity index (χ2v) is 6.76. The fourth-order valence-electron chi connectivity index (χ4n) is 2.29. The molecule has 0 radical (unpaired) electrons. The van der Waals surface area contributed by atoms with Crippen LogP contribution in [-0.2, 0) is 9.59 Å². The van der Waals surface area contributed by atoms with E-state index < -0.39 is 10.8 Å². The van der Waals surface area contributed by atoms with E-state index in [2.05, 4.69) is 10.6 Å². The highest BCUT2D eigenvalue weighted by atomic mass is 35.5. The Labute approximate surface area is 157 Å². The molecule has 0 unspecified atom stereocenters. The maximum absolute atomic E-state index is 12.1. The van der Waals surface area contributed by atoms with E-state index in [0.29, 0.717) is 22.7 Å². The molecule has 0 aromatic heterocycles. The summed E-state index contributed by atoms with van der Waals surface area (Å²) in [4.78, 5) is 34.7. The number of nitro benzene ring substituents is 1. The van der Waals surface area contributed by atoms with Crippen molar-refractivity contribution >= 4 is 58.3 Å². The molecule has 0 aliphatic carbocycles. The average molecular weight is 390 g/mol. The van der Waals surface area contributed by atoms with Gasteiger partial charge in [0.2, 0.25) is 11.8 Å². The first-order valence-electron chi connectivity index (χ1n) is 7.42. The molecule has 3 rings (SSSR count). The van der Waals surface area contributed by atoms with Crippen LogP contribution in [0.25, 0.3) is 6.08 Å². The predicted molar refractivity (Wildman–Crippen MR) is 102 cm³/mol. The molecule has 9 heteroatoms. The SMILES string of the molecule is O=C(/C=C/c1ccc(Cl)c([N+](=O)[O-])c1)Nc1ccc2c(c1)NC(=O)CS2. The molecule has 0 fully saturated rings. The minimum Gasteiger partial charge on any atom is -0.324 e. The van der Waals surface area contributed by atoms with Gasteiger partial charge in [0.1, 0.15) is 5.02 Å². The van der Waals surface area contributed by atoms with Crippen LogP contribution in [0.2, 0.25) is 5.02 Å². The van der Waals surface area contributed by atoms with Crippen LogP contribution in [0, 0.1) is 10.1 Å². The van der Waals surface area contributed by atoms with Crippen molar-refractivity contribution in [1.29, 1.82) is 0 Å². The van der Waals surface area contributed by atoms with Crippen LogP contribution >= 0.6 is 23.4 Å². The summed E-state index contributed by atoms with van der Waals surface area (Å²) >= 11 is 7.19. The standard InChI is InChI=1S/C17H12ClN3O4S/c18-12-4-1-10(7-14(12)21(24)25)2-6-16(22)19-11-3-5-15-13(8-11)20-17(23)9-26-15/h1-8H,9H2,(H,19,22)(H,20,23)/b6-2+. The van der Waals surface area contributed by atoms with Gasteiger partial charge in [-0.2, -0.15) is 0 Å². The Morgan fingerprint density at radius 2 is 2.12 bits per heavy atom. The summed E-state index contributed by atoms with van der Waals surface area (Å²) in [7, 11) is 0. The van der Waals surface area contributed by atoms with Crippen LogP contribution in [0.3, 0.4) is 0 Å². The van der Waals surface area contributed by atoms with E-state index >= 15 is 0 Å². The number of carbonyl (C=O) groups excluding carboxylic acids is 2. The first-order valence-corrected chi connectivity index (χ1v) is 8.78. The minimum absolute atomic E-state index is 0.0329. The van der Waals surface area contributed by atoms with Gasteiger partial charge in [-0.25, -0.2) is 0 Å². The smallest absolute Gasteiger partial charge is 0.288 e. The second kappa shape index (κ2) is 7.59. The predicted octanol–water partition coefficient (Wildman–Crippen LogP) is 3.94. The minimum atomic E-state index is -0.584. The lowest BCUT2D eigenvalue weighted by atomic mass is 10.2. The largest absolute Gasteiger partial charge is 0.324 e. The molecular formula is C17H12ClN3O4S. The Morgan fingerprint density at radius 3 is 2.88 bits per heavy atom. The van der Waals surface area contributed by atoms with Crippen LogP contribution in [0.15, 0.2) is 47.4 Å². The zero-order valence-corrected chi connectivity index (χ0v) is 14.8. The molecule has 2 aromatic rings. The number of fused-ring (bicyclic) bond motifs is 1. The number of nitrogens with zero attached hydrogens (tertiary/aromatic N) is 1. The quantitative estimate of drug-likeness (QED) is 0.468. The third-order valence-corrected chi connectivity index (χ3v) is 4.87. The maximum Gasteiger partial charge on any atom is 0.288 e.